The molecule has 0 heterocycles. The average Bonchev–Trinajstić information content (AvgIpc) is 2.45. The average molecular weight is 328 g/mol. The Labute approximate surface area is 148 Å². The third-order valence-corrected chi connectivity index (χ3v) is 4.55. The quantitative estimate of drug-likeness (QED) is 0.627. The van der Waals surface area contributed by atoms with Crippen molar-refractivity contribution in [1.29, 1.82) is 0 Å². The molecule has 0 bridgehead atoms. The first-order valence-corrected chi connectivity index (χ1v) is 8.87. The van der Waals surface area contributed by atoms with E-state index in [2.05, 4.69) is 63.4 Å². The zero-order chi connectivity index (χ0) is 18.2. The van der Waals surface area contributed by atoms with Gasteiger partial charge in [0.05, 0.1) is 0 Å². The molecule has 1 aliphatic carbocycles. The molecule has 2 nitrogen and oxygen atoms in total. The van der Waals surface area contributed by atoms with Crippen LogP contribution in [0.3, 0.4) is 0 Å². The highest BCUT2D eigenvalue weighted by atomic mass is 16.1. The lowest BCUT2D eigenvalue weighted by Gasteiger charge is -2.32. The van der Waals surface area contributed by atoms with E-state index in [1.807, 2.05) is 13.0 Å². The maximum absolute atomic E-state index is 10.8. The first-order valence-electron chi connectivity index (χ1n) is 8.87. The fourth-order valence-corrected chi connectivity index (χ4v) is 3.06. The van der Waals surface area contributed by atoms with Gasteiger partial charge in [0, 0.05) is 13.5 Å². The van der Waals surface area contributed by atoms with Crippen LogP contribution in [0.15, 0.2) is 58.7 Å². The van der Waals surface area contributed by atoms with E-state index >= 15 is 0 Å². The van der Waals surface area contributed by atoms with E-state index in [4.69, 9.17) is 0 Å². The van der Waals surface area contributed by atoms with Crippen LogP contribution in [0.25, 0.3) is 0 Å². The number of hydrogen-bond donors (Lipinski definition) is 1. The molecule has 0 saturated carbocycles. The fraction of sp³-hybridized carbons (Fsp3) is 0.500. The minimum absolute atomic E-state index is 0.000794. The first kappa shape index (κ1) is 20.2. The van der Waals surface area contributed by atoms with Gasteiger partial charge in [-0.2, -0.15) is 0 Å². The molecule has 0 unspecified atom stereocenters. The normalized spacial score (nSPS) is 19.4. The van der Waals surface area contributed by atoms with Crippen molar-refractivity contribution in [3.05, 3.63) is 58.7 Å². The molecular weight excluding hydrogens is 294 g/mol. The summed E-state index contributed by atoms with van der Waals surface area (Å²) in [5, 5.41) is 2.76. The molecule has 1 N–H and O–H groups in total. The Morgan fingerprint density at radius 1 is 1.17 bits per heavy atom. The van der Waals surface area contributed by atoms with Gasteiger partial charge in [0.1, 0.15) is 0 Å². The molecule has 0 aromatic carbocycles. The zero-order valence-corrected chi connectivity index (χ0v) is 16.2. The molecule has 0 aliphatic heterocycles. The lowest BCUT2D eigenvalue weighted by atomic mass is 9.72. The van der Waals surface area contributed by atoms with Crippen LogP contribution in [0.5, 0.6) is 0 Å². The number of nitrogens with one attached hydrogen (secondary N) is 1. The SMILES string of the molecule is CC(=O)NCC=C(C)C=CC=C(C)C=CC1=C(C)CCCC1(C)C. The van der Waals surface area contributed by atoms with Crippen LogP contribution in [0, 0.1) is 5.41 Å². The monoisotopic (exact) mass is 327 g/mol. The Kier molecular flexibility index (Phi) is 7.97. The van der Waals surface area contributed by atoms with Gasteiger partial charge in [-0.1, -0.05) is 67.0 Å². The Balaban J connectivity index is 2.67. The van der Waals surface area contributed by atoms with Gasteiger partial charge in [-0.25, -0.2) is 0 Å². The van der Waals surface area contributed by atoms with Crippen LogP contribution in [-0.2, 0) is 4.79 Å². The van der Waals surface area contributed by atoms with Crippen molar-refractivity contribution in [2.24, 2.45) is 5.41 Å². The summed E-state index contributed by atoms with van der Waals surface area (Å²) in [6, 6.07) is 0. The van der Waals surface area contributed by atoms with Gasteiger partial charge >= 0.3 is 0 Å². The molecule has 1 aliphatic rings. The van der Waals surface area contributed by atoms with Crippen molar-refractivity contribution in [3.63, 3.8) is 0 Å². The molecule has 0 atom stereocenters. The van der Waals surface area contributed by atoms with E-state index in [0.717, 1.165) is 5.57 Å². The Bertz CT molecular complexity index is 597. The second kappa shape index (κ2) is 9.46. The summed E-state index contributed by atoms with van der Waals surface area (Å²) >= 11 is 0. The second-order valence-electron chi connectivity index (χ2n) is 7.42. The van der Waals surface area contributed by atoms with Gasteiger partial charge in [-0.15, -0.1) is 0 Å². The van der Waals surface area contributed by atoms with Crippen molar-refractivity contribution in [3.8, 4) is 0 Å². The third-order valence-electron chi connectivity index (χ3n) is 4.55. The van der Waals surface area contributed by atoms with Crippen LogP contribution in [0.1, 0.15) is 60.8 Å². The largest absolute Gasteiger partial charge is 0.353 e. The van der Waals surface area contributed by atoms with Gasteiger partial charge < -0.3 is 5.32 Å². The van der Waals surface area contributed by atoms with E-state index in [-0.39, 0.29) is 11.3 Å². The minimum Gasteiger partial charge on any atom is -0.353 e. The second-order valence-corrected chi connectivity index (χ2v) is 7.42. The van der Waals surface area contributed by atoms with E-state index in [1.54, 1.807) is 0 Å². The molecule has 0 radical (unpaired) electrons. The smallest absolute Gasteiger partial charge is 0.217 e. The summed E-state index contributed by atoms with van der Waals surface area (Å²) in [6.07, 6.45) is 16.6. The zero-order valence-electron chi connectivity index (χ0n) is 16.2. The predicted molar refractivity (Wildman–Crippen MR) is 105 cm³/mol. The molecule has 0 aromatic heterocycles. The molecule has 132 valence electrons. The lowest BCUT2D eigenvalue weighted by molar-refractivity contribution is -0.118. The van der Waals surface area contributed by atoms with E-state index in [9.17, 15) is 4.79 Å². The van der Waals surface area contributed by atoms with Crippen LogP contribution in [-0.4, -0.2) is 12.5 Å². The standard InChI is InChI=1S/C22H33NO/c1-17(9-7-10-18(2)14-16-23-20(4)24)12-13-21-19(3)11-8-15-22(21,5)6/h7,9-10,12-14H,8,11,15-16H2,1-6H3,(H,23,24). The summed E-state index contributed by atoms with van der Waals surface area (Å²) in [6.45, 7) is 13.2. The molecule has 0 spiro atoms. The Morgan fingerprint density at radius 3 is 2.50 bits per heavy atom. The highest BCUT2D eigenvalue weighted by Gasteiger charge is 2.26. The maximum atomic E-state index is 10.8. The fourth-order valence-electron chi connectivity index (χ4n) is 3.06. The lowest BCUT2D eigenvalue weighted by Crippen LogP contribution is -2.19. The maximum Gasteiger partial charge on any atom is 0.217 e. The summed E-state index contributed by atoms with van der Waals surface area (Å²) < 4.78 is 0. The van der Waals surface area contributed by atoms with Crippen molar-refractivity contribution in [1.82, 2.24) is 5.32 Å². The highest BCUT2D eigenvalue weighted by Crippen LogP contribution is 2.40. The Morgan fingerprint density at radius 2 is 1.88 bits per heavy atom. The molecule has 0 aromatic rings. The minimum atomic E-state index is -0.000794. The van der Waals surface area contributed by atoms with Gasteiger partial charge in [-0.05, 0) is 51.0 Å². The van der Waals surface area contributed by atoms with Crippen molar-refractivity contribution >= 4 is 5.91 Å². The number of carbonyl (C=O) groups excluding carboxylic acids is 1. The van der Waals surface area contributed by atoms with Gasteiger partial charge in [0.2, 0.25) is 5.91 Å². The molecule has 24 heavy (non-hydrogen) atoms. The van der Waals surface area contributed by atoms with Crippen molar-refractivity contribution < 1.29 is 4.79 Å². The van der Waals surface area contributed by atoms with Crippen molar-refractivity contribution in [2.75, 3.05) is 6.54 Å². The Hall–Kier alpha value is -1.83. The van der Waals surface area contributed by atoms with Gasteiger partial charge in [0.25, 0.3) is 0 Å². The van der Waals surface area contributed by atoms with Crippen LogP contribution < -0.4 is 5.32 Å². The topological polar surface area (TPSA) is 29.1 Å². The predicted octanol–water partition coefficient (Wildman–Crippen LogP) is 5.65. The van der Waals surface area contributed by atoms with E-state index in [0.29, 0.717) is 6.54 Å². The molecule has 2 heteroatoms. The molecule has 1 amide bonds. The summed E-state index contributed by atoms with van der Waals surface area (Å²) in [5.74, 6) is -0.000794. The van der Waals surface area contributed by atoms with Crippen molar-refractivity contribution in [2.45, 2.75) is 60.8 Å². The molecular formula is C22H33NO. The van der Waals surface area contributed by atoms with Gasteiger partial charge in [-0.3, -0.25) is 4.79 Å². The van der Waals surface area contributed by atoms with Crippen LogP contribution in [0.4, 0.5) is 0 Å². The number of allylic oxidation sites excluding steroid dienone is 9. The molecule has 1 rings (SSSR count). The molecule has 0 saturated heterocycles. The highest BCUT2D eigenvalue weighted by molar-refractivity contribution is 5.72. The van der Waals surface area contributed by atoms with Gasteiger partial charge in [0.15, 0.2) is 0 Å². The summed E-state index contributed by atoms with van der Waals surface area (Å²) in [4.78, 5) is 10.8. The van der Waals surface area contributed by atoms with E-state index in [1.165, 1.54) is 42.9 Å². The number of rotatable bonds is 6. The van der Waals surface area contributed by atoms with Crippen LogP contribution >= 0.6 is 0 Å². The van der Waals surface area contributed by atoms with E-state index < -0.39 is 0 Å². The molecule has 0 fully saturated rings. The van der Waals surface area contributed by atoms with Crippen LogP contribution in [0.2, 0.25) is 0 Å². The first-order chi connectivity index (χ1) is 11.2. The third kappa shape index (κ3) is 7.16. The number of amides is 1. The summed E-state index contributed by atoms with van der Waals surface area (Å²) in [5.41, 5.74) is 5.70. The summed E-state index contributed by atoms with van der Waals surface area (Å²) in [7, 11) is 0. The number of carbonyl (C=O) groups is 1. The number of hydrogen-bond acceptors (Lipinski definition) is 1.